The lowest BCUT2D eigenvalue weighted by Gasteiger charge is -2.37. The van der Waals surface area contributed by atoms with Crippen LogP contribution in [0, 0.1) is 0 Å². The highest BCUT2D eigenvalue weighted by Gasteiger charge is 2.36. The van der Waals surface area contributed by atoms with Gasteiger partial charge in [-0.05, 0) is 60.3 Å². The van der Waals surface area contributed by atoms with E-state index in [0.29, 0.717) is 25.0 Å². The molecule has 1 fully saturated rings. The molecule has 2 aliphatic heterocycles. The number of hydrogen-bond acceptors (Lipinski definition) is 6. The van der Waals surface area contributed by atoms with Crippen molar-refractivity contribution >= 4 is 10.1 Å². The summed E-state index contributed by atoms with van der Waals surface area (Å²) in [5.41, 5.74) is 4.02. The second-order valence-corrected chi connectivity index (χ2v) is 9.64. The van der Waals surface area contributed by atoms with Crippen molar-refractivity contribution in [1.29, 1.82) is 0 Å². The first kappa shape index (κ1) is 21.2. The van der Waals surface area contributed by atoms with E-state index < -0.39 is 10.1 Å². The van der Waals surface area contributed by atoms with Crippen molar-refractivity contribution in [2.45, 2.75) is 31.2 Å². The maximum Gasteiger partial charge on any atom is 0.264 e. The highest BCUT2D eigenvalue weighted by molar-refractivity contribution is 7.85. The van der Waals surface area contributed by atoms with E-state index in [-0.39, 0.29) is 6.61 Å². The molecule has 0 unspecified atom stereocenters. The van der Waals surface area contributed by atoms with Gasteiger partial charge in [0, 0.05) is 24.9 Å². The molecular weight excluding hydrogens is 402 g/mol. The fourth-order valence-electron chi connectivity index (χ4n) is 4.56. The summed E-state index contributed by atoms with van der Waals surface area (Å²) >= 11 is 0. The average Bonchev–Trinajstić information content (AvgIpc) is 3.21. The molecule has 7 heteroatoms. The molecule has 4 rings (SSSR count). The van der Waals surface area contributed by atoms with E-state index >= 15 is 0 Å². The van der Waals surface area contributed by atoms with Crippen molar-refractivity contribution in [1.82, 2.24) is 4.90 Å². The Hall–Kier alpha value is -2.09. The van der Waals surface area contributed by atoms with Crippen molar-refractivity contribution in [3.05, 3.63) is 59.2 Å². The van der Waals surface area contributed by atoms with Crippen LogP contribution in [-0.4, -0.2) is 53.0 Å². The van der Waals surface area contributed by atoms with Crippen LogP contribution in [0.3, 0.4) is 0 Å². The van der Waals surface area contributed by atoms with Gasteiger partial charge in [0.15, 0.2) is 0 Å². The number of benzene rings is 2. The van der Waals surface area contributed by atoms with Gasteiger partial charge < -0.3 is 9.47 Å². The van der Waals surface area contributed by atoms with Gasteiger partial charge in [-0.15, -0.1) is 0 Å². The number of fused-ring (bicyclic) bond motifs is 3. The zero-order chi connectivity index (χ0) is 21.1. The Bertz CT molecular complexity index is 974. The van der Waals surface area contributed by atoms with Crippen LogP contribution in [0.4, 0.5) is 0 Å². The predicted molar refractivity (Wildman–Crippen MR) is 116 cm³/mol. The summed E-state index contributed by atoms with van der Waals surface area (Å²) in [4.78, 5) is 2.58. The van der Waals surface area contributed by atoms with E-state index in [0.717, 1.165) is 30.8 Å². The first-order valence-electron chi connectivity index (χ1n) is 10.4. The topological polar surface area (TPSA) is 65.1 Å². The summed E-state index contributed by atoms with van der Waals surface area (Å²) in [6, 6.07) is 15.2. The number of nitrogens with zero attached hydrogens (tertiary/aromatic N) is 1. The maximum absolute atomic E-state index is 11.0. The SMILES string of the molecule is COc1ccc([C@H]2CN3CCC[C@@H]3c3cc(OCCCOS(C)(=O)=O)ccc32)cc1. The fourth-order valence-corrected chi connectivity index (χ4v) is 4.98. The van der Waals surface area contributed by atoms with Gasteiger partial charge in [-0.1, -0.05) is 18.2 Å². The maximum atomic E-state index is 11.0. The van der Waals surface area contributed by atoms with Gasteiger partial charge in [-0.25, -0.2) is 0 Å². The first-order chi connectivity index (χ1) is 14.4. The summed E-state index contributed by atoms with van der Waals surface area (Å²) in [5, 5.41) is 0. The molecule has 2 aliphatic rings. The van der Waals surface area contributed by atoms with Gasteiger partial charge in [0.1, 0.15) is 11.5 Å². The lowest BCUT2D eigenvalue weighted by molar-refractivity contribution is 0.227. The van der Waals surface area contributed by atoms with Gasteiger partial charge in [-0.3, -0.25) is 9.08 Å². The minimum Gasteiger partial charge on any atom is -0.497 e. The Kier molecular flexibility index (Phi) is 6.32. The molecule has 162 valence electrons. The molecule has 0 saturated carbocycles. The molecule has 0 aliphatic carbocycles. The molecule has 0 N–H and O–H groups in total. The highest BCUT2D eigenvalue weighted by Crippen LogP contribution is 2.45. The van der Waals surface area contributed by atoms with E-state index in [1.165, 1.54) is 29.5 Å². The first-order valence-corrected chi connectivity index (χ1v) is 12.3. The second-order valence-electron chi connectivity index (χ2n) is 8.00. The summed E-state index contributed by atoms with van der Waals surface area (Å²) in [5.74, 6) is 2.03. The molecule has 2 aromatic rings. The fraction of sp³-hybridized carbons (Fsp3) is 0.478. The average molecular weight is 432 g/mol. The van der Waals surface area contributed by atoms with Crippen molar-refractivity contribution in [3.63, 3.8) is 0 Å². The standard InChI is InChI=1S/C23H29NO5S/c1-27-18-8-6-17(7-9-18)22-16-24-12-3-5-23(24)21-15-19(10-11-20(21)22)28-13-4-14-29-30(2,25)26/h6-11,15,22-23H,3-5,12-14,16H2,1-2H3/t22-,23-/m1/s1. The highest BCUT2D eigenvalue weighted by atomic mass is 32.2. The van der Waals surface area contributed by atoms with Crippen LogP contribution in [0.5, 0.6) is 11.5 Å². The largest absolute Gasteiger partial charge is 0.497 e. The molecule has 0 amide bonds. The van der Waals surface area contributed by atoms with Crippen LogP contribution in [0.2, 0.25) is 0 Å². The molecule has 0 bridgehead atoms. The van der Waals surface area contributed by atoms with Crippen molar-refractivity contribution in [2.75, 3.05) is 39.7 Å². The van der Waals surface area contributed by atoms with Crippen molar-refractivity contribution in [2.24, 2.45) is 0 Å². The molecule has 2 aromatic carbocycles. The Balaban J connectivity index is 1.51. The van der Waals surface area contributed by atoms with Crippen molar-refractivity contribution in [3.8, 4) is 11.5 Å². The van der Waals surface area contributed by atoms with E-state index in [2.05, 4.69) is 29.2 Å². The van der Waals surface area contributed by atoms with Crippen LogP contribution in [0.15, 0.2) is 42.5 Å². The lowest BCUT2D eigenvalue weighted by Crippen LogP contribution is -2.34. The molecule has 1 saturated heterocycles. The van der Waals surface area contributed by atoms with Gasteiger partial charge in [0.2, 0.25) is 0 Å². The number of hydrogen-bond donors (Lipinski definition) is 0. The monoisotopic (exact) mass is 431 g/mol. The van der Waals surface area contributed by atoms with Crippen LogP contribution in [0.1, 0.15) is 47.9 Å². The lowest BCUT2D eigenvalue weighted by atomic mass is 9.81. The van der Waals surface area contributed by atoms with E-state index in [1.807, 2.05) is 18.2 Å². The summed E-state index contributed by atoms with van der Waals surface area (Å²) in [6.07, 6.45) is 3.97. The molecule has 6 nitrogen and oxygen atoms in total. The number of rotatable bonds is 8. The Morgan fingerprint density at radius 2 is 1.80 bits per heavy atom. The summed E-state index contributed by atoms with van der Waals surface area (Å²) < 4.78 is 38.1. The third-order valence-electron chi connectivity index (χ3n) is 5.95. The zero-order valence-corrected chi connectivity index (χ0v) is 18.4. The van der Waals surface area contributed by atoms with Crippen LogP contribution in [-0.2, 0) is 14.3 Å². The molecule has 0 aromatic heterocycles. The van der Waals surface area contributed by atoms with Crippen molar-refractivity contribution < 1.29 is 22.1 Å². The smallest absolute Gasteiger partial charge is 0.264 e. The molecular formula is C23H29NO5S. The van der Waals surface area contributed by atoms with Crippen LogP contribution < -0.4 is 9.47 Å². The Morgan fingerprint density at radius 3 is 2.53 bits per heavy atom. The molecule has 2 atom stereocenters. The third-order valence-corrected chi connectivity index (χ3v) is 6.54. The summed E-state index contributed by atoms with van der Waals surface area (Å²) in [7, 11) is -1.71. The molecule has 30 heavy (non-hydrogen) atoms. The van der Waals surface area contributed by atoms with Gasteiger partial charge in [-0.2, -0.15) is 8.42 Å². The zero-order valence-electron chi connectivity index (χ0n) is 17.5. The Morgan fingerprint density at radius 1 is 1.03 bits per heavy atom. The quantitative estimate of drug-likeness (QED) is 0.469. The van der Waals surface area contributed by atoms with Gasteiger partial charge in [0.25, 0.3) is 10.1 Å². The molecule has 0 spiro atoms. The number of ether oxygens (including phenoxy) is 2. The predicted octanol–water partition coefficient (Wildman–Crippen LogP) is 3.72. The minimum atomic E-state index is -3.40. The third kappa shape index (κ3) is 4.79. The molecule has 0 radical (unpaired) electrons. The van der Waals surface area contributed by atoms with Crippen LogP contribution >= 0.6 is 0 Å². The number of methoxy groups -OCH3 is 1. The van der Waals surface area contributed by atoms with Gasteiger partial charge >= 0.3 is 0 Å². The minimum absolute atomic E-state index is 0.139. The van der Waals surface area contributed by atoms with Gasteiger partial charge in [0.05, 0.1) is 26.6 Å². The van der Waals surface area contributed by atoms with E-state index in [9.17, 15) is 8.42 Å². The van der Waals surface area contributed by atoms with Crippen LogP contribution in [0.25, 0.3) is 0 Å². The normalized spacial score (nSPS) is 21.1. The van der Waals surface area contributed by atoms with E-state index in [4.69, 9.17) is 13.7 Å². The second kappa shape index (κ2) is 8.96. The Labute approximate surface area is 178 Å². The summed E-state index contributed by atoms with van der Waals surface area (Å²) in [6.45, 7) is 2.72. The molecule has 2 heterocycles. The van der Waals surface area contributed by atoms with E-state index in [1.54, 1.807) is 7.11 Å².